The molecule has 1 unspecified atom stereocenters. The van der Waals surface area contributed by atoms with Crippen LogP contribution in [0.4, 0.5) is 0 Å². The van der Waals surface area contributed by atoms with E-state index in [9.17, 15) is 0 Å². The Kier molecular flexibility index (Phi) is 5.89. The first kappa shape index (κ1) is 14.9. The van der Waals surface area contributed by atoms with Crippen molar-refractivity contribution in [1.82, 2.24) is 5.32 Å². The third-order valence-electron chi connectivity index (χ3n) is 3.32. The van der Waals surface area contributed by atoms with Gasteiger partial charge in [0.15, 0.2) is 11.5 Å². The summed E-state index contributed by atoms with van der Waals surface area (Å²) < 4.78 is 16.9. The predicted molar refractivity (Wildman–Crippen MR) is 79.4 cm³/mol. The summed E-state index contributed by atoms with van der Waals surface area (Å²) in [6.07, 6.45) is 4.23. The molecule has 110 valence electrons. The minimum absolute atomic E-state index is 0.203. The van der Waals surface area contributed by atoms with Gasteiger partial charge >= 0.3 is 0 Å². The SMILES string of the molecule is C=CCNCc1cccc(OC)c1OCC1CCCO1. The molecule has 4 heteroatoms. The van der Waals surface area contributed by atoms with Crippen molar-refractivity contribution in [2.75, 3.05) is 26.9 Å². The van der Waals surface area contributed by atoms with Gasteiger partial charge in [-0.25, -0.2) is 0 Å². The molecule has 0 aromatic heterocycles. The van der Waals surface area contributed by atoms with Crippen LogP contribution in [-0.4, -0.2) is 33.0 Å². The van der Waals surface area contributed by atoms with E-state index in [4.69, 9.17) is 14.2 Å². The lowest BCUT2D eigenvalue weighted by molar-refractivity contribution is 0.0666. The fourth-order valence-electron chi connectivity index (χ4n) is 2.29. The average molecular weight is 277 g/mol. The van der Waals surface area contributed by atoms with Crippen molar-refractivity contribution in [1.29, 1.82) is 0 Å². The van der Waals surface area contributed by atoms with Crippen LogP contribution in [0.25, 0.3) is 0 Å². The Morgan fingerprint density at radius 3 is 3.10 bits per heavy atom. The van der Waals surface area contributed by atoms with Crippen molar-refractivity contribution in [3.63, 3.8) is 0 Å². The van der Waals surface area contributed by atoms with Crippen LogP contribution in [-0.2, 0) is 11.3 Å². The molecule has 1 aliphatic heterocycles. The Bertz CT molecular complexity index is 428. The zero-order chi connectivity index (χ0) is 14.2. The van der Waals surface area contributed by atoms with E-state index in [0.29, 0.717) is 6.61 Å². The molecule has 0 bridgehead atoms. The molecule has 1 fully saturated rings. The maximum absolute atomic E-state index is 5.96. The number of hydrogen-bond donors (Lipinski definition) is 1. The summed E-state index contributed by atoms with van der Waals surface area (Å²) in [4.78, 5) is 0. The first-order valence-corrected chi connectivity index (χ1v) is 7.07. The number of para-hydroxylation sites is 1. The molecule has 1 aliphatic rings. The van der Waals surface area contributed by atoms with Gasteiger partial charge in [0.05, 0.1) is 13.2 Å². The van der Waals surface area contributed by atoms with E-state index in [2.05, 4.69) is 11.9 Å². The highest BCUT2D eigenvalue weighted by atomic mass is 16.5. The van der Waals surface area contributed by atoms with Crippen molar-refractivity contribution in [3.05, 3.63) is 36.4 Å². The van der Waals surface area contributed by atoms with Gasteiger partial charge in [-0.05, 0) is 18.9 Å². The second-order valence-electron chi connectivity index (χ2n) is 4.81. The number of benzene rings is 1. The Morgan fingerprint density at radius 1 is 1.50 bits per heavy atom. The summed E-state index contributed by atoms with van der Waals surface area (Å²) >= 11 is 0. The van der Waals surface area contributed by atoms with Gasteiger partial charge in [0.25, 0.3) is 0 Å². The van der Waals surface area contributed by atoms with Crippen LogP contribution in [0.3, 0.4) is 0 Å². The molecule has 1 aromatic carbocycles. The van der Waals surface area contributed by atoms with E-state index in [1.165, 1.54) is 0 Å². The van der Waals surface area contributed by atoms with Crippen molar-refractivity contribution in [2.45, 2.75) is 25.5 Å². The minimum atomic E-state index is 0.203. The fraction of sp³-hybridized carbons (Fsp3) is 0.500. The van der Waals surface area contributed by atoms with Crippen LogP contribution in [0.15, 0.2) is 30.9 Å². The van der Waals surface area contributed by atoms with Gasteiger partial charge in [-0.2, -0.15) is 0 Å². The average Bonchev–Trinajstić information content (AvgIpc) is 2.99. The van der Waals surface area contributed by atoms with E-state index in [0.717, 1.165) is 49.6 Å². The van der Waals surface area contributed by atoms with E-state index < -0.39 is 0 Å². The van der Waals surface area contributed by atoms with Crippen LogP contribution >= 0.6 is 0 Å². The molecule has 1 heterocycles. The summed E-state index contributed by atoms with van der Waals surface area (Å²) in [6.45, 7) is 6.61. The molecule has 0 radical (unpaired) electrons. The molecule has 0 spiro atoms. The van der Waals surface area contributed by atoms with E-state index in [-0.39, 0.29) is 6.10 Å². The van der Waals surface area contributed by atoms with Gasteiger partial charge < -0.3 is 19.5 Å². The molecule has 0 saturated carbocycles. The van der Waals surface area contributed by atoms with Crippen LogP contribution in [0, 0.1) is 0 Å². The monoisotopic (exact) mass is 277 g/mol. The highest BCUT2D eigenvalue weighted by Gasteiger charge is 2.18. The van der Waals surface area contributed by atoms with Crippen LogP contribution in [0.2, 0.25) is 0 Å². The van der Waals surface area contributed by atoms with Gasteiger partial charge in [-0.3, -0.25) is 0 Å². The van der Waals surface area contributed by atoms with Gasteiger partial charge in [0, 0.05) is 25.3 Å². The number of ether oxygens (including phenoxy) is 3. The van der Waals surface area contributed by atoms with Crippen LogP contribution < -0.4 is 14.8 Å². The zero-order valence-corrected chi connectivity index (χ0v) is 12.1. The van der Waals surface area contributed by atoms with Gasteiger partial charge in [0.2, 0.25) is 0 Å². The van der Waals surface area contributed by atoms with E-state index in [1.807, 2.05) is 24.3 Å². The Morgan fingerprint density at radius 2 is 2.40 bits per heavy atom. The normalized spacial score (nSPS) is 17.9. The summed E-state index contributed by atoms with van der Waals surface area (Å²) in [5.74, 6) is 1.57. The number of methoxy groups -OCH3 is 1. The third kappa shape index (κ3) is 3.99. The third-order valence-corrected chi connectivity index (χ3v) is 3.32. The topological polar surface area (TPSA) is 39.7 Å². The first-order valence-electron chi connectivity index (χ1n) is 7.07. The number of rotatable bonds is 8. The quantitative estimate of drug-likeness (QED) is 0.585. The van der Waals surface area contributed by atoms with Gasteiger partial charge in [0.1, 0.15) is 6.61 Å². The Labute approximate surface area is 120 Å². The van der Waals surface area contributed by atoms with Crippen LogP contribution in [0.5, 0.6) is 11.5 Å². The summed E-state index contributed by atoms with van der Waals surface area (Å²) in [5, 5.41) is 3.29. The highest BCUT2D eigenvalue weighted by molar-refractivity contribution is 5.46. The van der Waals surface area contributed by atoms with E-state index in [1.54, 1.807) is 7.11 Å². The lowest BCUT2D eigenvalue weighted by Gasteiger charge is -2.17. The molecule has 20 heavy (non-hydrogen) atoms. The Balaban J connectivity index is 2.03. The lowest BCUT2D eigenvalue weighted by Crippen LogP contribution is -2.19. The molecule has 1 N–H and O–H groups in total. The smallest absolute Gasteiger partial charge is 0.165 e. The van der Waals surface area contributed by atoms with E-state index >= 15 is 0 Å². The number of hydrogen-bond acceptors (Lipinski definition) is 4. The van der Waals surface area contributed by atoms with Gasteiger partial charge in [-0.1, -0.05) is 18.2 Å². The molecule has 1 saturated heterocycles. The van der Waals surface area contributed by atoms with Crippen molar-refractivity contribution < 1.29 is 14.2 Å². The van der Waals surface area contributed by atoms with Gasteiger partial charge in [-0.15, -0.1) is 6.58 Å². The number of nitrogens with one attached hydrogen (secondary N) is 1. The molecular formula is C16H23NO3. The maximum atomic E-state index is 5.96. The first-order chi connectivity index (χ1) is 9.85. The fourth-order valence-corrected chi connectivity index (χ4v) is 2.29. The molecule has 0 amide bonds. The second-order valence-corrected chi connectivity index (χ2v) is 4.81. The lowest BCUT2D eigenvalue weighted by atomic mass is 10.1. The van der Waals surface area contributed by atoms with Crippen molar-refractivity contribution >= 4 is 0 Å². The molecule has 2 rings (SSSR count). The van der Waals surface area contributed by atoms with Crippen molar-refractivity contribution in [3.8, 4) is 11.5 Å². The predicted octanol–water partition coefficient (Wildman–Crippen LogP) is 2.53. The Hall–Kier alpha value is -1.52. The standard InChI is InChI=1S/C16H23NO3/c1-3-9-17-11-13-6-4-8-15(18-2)16(13)20-12-14-7-5-10-19-14/h3-4,6,8,14,17H,1,5,7,9-12H2,2H3. The molecular weight excluding hydrogens is 254 g/mol. The maximum Gasteiger partial charge on any atom is 0.165 e. The molecule has 1 aromatic rings. The second kappa shape index (κ2) is 7.92. The highest BCUT2D eigenvalue weighted by Crippen LogP contribution is 2.31. The minimum Gasteiger partial charge on any atom is -0.493 e. The summed E-state index contributed by atoms with van der Waals surface area (Å²) in [6, 6.07) is 5.94. The molecule has 4 nitrogen and oxygen atoms in total. The largest absolute Gasteiger partial charge is 0.493 e. The molecule has 0 aliphatic carbocycles. The molecule has 1 atom stereocenters. The summed E-state index contributed by atoms with van der Waals surface area (Å²) in [5.41, 5.74) is 1.09. The van der Waals surface area contributed by atoms with Crippen LogP contribution in [0.1, 0.15) is 18.4 Å². The summed E-state index contributed by atoms with van der Waals surface area (Å²) in [7, 11) is 1.66. The van der Waals surface area contributed by atoms with Crippen molar-refractivity contribution in [2.24, 2.45) is 0 Å². The zero-order valence-electron chi connectivity index (χ0n) is 12.1.